The van der Waals surface area contributed by atoms with Gasteiger partial charge >= 0.3 is 6.03 Å². The first-order valence-electron chi connectivity index (χ1n) is 10.1. The SMILES string of the molecule is Cc1nc2ccc(-c3ccc4c(c3)CN(C(=O)N3CCNC(=O)C3)CCO4)cc2[nH]1. The number of hydrogen-bond donors (Lipinski definition) is 2. The van der Waals surface area contributed by atoms with Gasteiger partial charge in [-0.15, -0.1) is 0 Å². The van der Waals surface area contributed by atoms with Gasteiger partial charge in [0.1, 0.15) is 24.7 Å². The number of fused-ring (bicyclic) bond motifs is 2. The summed E-state index contributed by atoms with van der Waals surface area (Å²) in [6.45, 7) is 4.43. The third-order valence-corrected chi connectivity index (χ3v) is 5.55. The molecule has 154 valence electrons. The highest BCUT2D eigenvalue weighted by Gasteiger charge is 2.27. The molecule has 1 aromatic heterocycles. The van der Waals surface area contributed by atoms with Gasteiger partial charge in [-0.3, -0.25) is 4.79 Å². The molecule has 0 spiro atoms. The van der Waals surface area contributed by atoms with Crippen LogP contribution < -0.4 is 10.1 Å². The minimum absolute atomic E-state index is 0.104. The molecule has 2 aliphatic rings. The van der Waals surface area contributed by atoms with Crippen LogP contribution in [0.25, 0.3) is 22.2 Å². The number of urea groups is 1. The zero-order valence-corrected chi connectivity index (χ0v) is 16.8. The van der Waals surface area contributed by atoms with Gasteiger partial charge in [-0.2, -0.15) is 0 Å². The van der Waals surface area contributed by atoms with Crippen LogP contribution in [0.2, 0.25) is 0 Å². The van der Waals surface area contributed by atoms with Gasteiger partial charge in [0.15, 0.2) is 0 Å². The summed E-state index contributed by atoms with van der Waals surface area (Å²) in [6.07, 6.45) is 0. The van der Waals surface area contributed by atoms with Crippen molar-refractivity contribution in [2.75, 3.05) is 32.8 Å². The molecular weight excluding hydrogens is 382 g/mol. The fourth-order valence-corrected chi connectivity index (χ4v) is 4.06. The number of aryl methyl sites for hydroxylation is 1. The lowest BCUT2D eigenvalue weighted by atomic mass is 10.0. The zero-order chi connectivity index (χ0) is 20.7. The van der Waals surface area contributed by atoms with E-state index in [1.807, 2.05) is 25.1 Å². The van der Waals surface area contributed by atoms with Gasteiger partial charge in [0.2, 0.25) is 5.91 Å². The van der Waals surface area contributed by atoms with Crippen molar-refractivity contribution in [3.05, 3.63) is 47.8 Å². The summed E-state index contributed by atoms with van der Waals surface area (Å²) in [7, 11) is 0. The van der Waals surface area contributed by atoms with Gasteiger partial charge in [0.05, 0.1) is 24.1 Å². The van der Waals surface area contributed by atoms with Crippen molar-refractivity contribution in [1.29, 1.82) is 0 Å². The Balaban J connectivity index is 1.42. The number of carbonyl (C=O) groups excluding carboxylic acids is 2. The summed E-state index contributed by atoms with van der Waals surface area (Å²) in [6, 6.07) is 12.1. The Morgan fingerprint density at radius 2 is 1.87 bits per heavy atom. The van der Waals surface area contributed by atoms with Crippen LogP contribution >= 0.6 is 0 Å². The lowest BCUT2D eigenvalue weighted by Crippen LogP contribution is -2.54. The third-order valence-electron chi connectivity index (χ3n) is 5.55. The predicted molar refractivity (Wildman–Crippen MR) is 112 cm³/mol. The van der Waals surface area contributed by atoms with Gasteiger partial charge in [-0.05, 0) is 42.3 Å². The molecule has 0 saturated carbocycles. The number of ether oxygens (including phenoxy) is 1. The van der Waals surface area contributed by atoms with E-state index in [-0.39, 0.29) is 18.5 Å². The number of amides is 3. The lowest BCUT2D eigenvalue weighted by molar-refractivity contribution is -0.123. The van der Waals surface area contributed by atoms with E-state index in [2.05, 4.69) is 33.5 Å². The van der Waals surface area contributed by atoms with Crippen LogP contribution in [-0.2, 0) is 11.3 Å². The Hall–Kier alpha value is -3.55. The van der Waals surface area contributed by atoms with E-state index in [1.165, 1.54) is 0 Å². The summed E-state index contributed by atoms with van der Waals surface area (Å²) in [5.41, 5.74) is 5.02. The summed E-state index contributed by atoms with van der Waals surface area (Å²) >= 11 is 0. The largest absolute Gasteiger partial charge is 0.491 e. The lowest BCUT2D eigenvalue weighted by Gasteiger charge is -2.31. The van der Waals surface area contributed by atoms with Crippen molar-refractivity contribution in [3.63, 3.8) is 0 Å². The molecule has 0 bridgehead atoms. The van der Waals surface area contributed by atoms with E-state index in [0.29, 0.717) is 32.8 Å². The van der Waals surface area contributed by atoms with Crippen LogP contribution in [0, 0.1) is 6.92 Å². The minimum Gasteiger partial charge on any atom is -0.491 e. The molecular formula is C22H23N5O3. The quantitative estimate of drug-likeness (QED) is 0.650. The number of nitrogens with zero attached hydrogens (tertiary/aromatic N) is 3. The number of rotatable bonds is 1. The summed E-state index contributed by atoms with van der Waals surface area (Å²) in [5, 5.41) is 2.75. The average Bonchev–Trinajstić information content (AvgIpc) is 2.98. The molecule has 2 N–H and O–H groups in total. The molecule has 2 aliphatic heterocycles. The van der Waals surface area contributed by atoms with Gasteiger partial charge in [0, 0.05) is 18.7 Å². The topological polar surface area (TPSA) is 90.6 Å². The normalized spacial score (nSPS) is 16.6. The number of carbonyl (C=O) groups is 2. The molecule has 3 aromatic rings. The number of aromatic nitrogens is 2. The van der Waals surface area contributed by atoms with E-state index in [1.54, 1.807) is 9.80 Å². The van der Waals surface area contributed by atoms with Crippen LogP contribution in [0.4, 0.5) is 4.79 Å². The van der Waals surface area contributed by atoms with Gasteiger partial charge < -0.3 is 24.8 Å². The molecule has 30 heavy (non-hydrogen) atoms. The van der Waals surface area contributed by atoms with Crippen molar-refractivity contribution in [1.82, 2.24) is 25.1 Å². The Morgan fingerprint density at radius 3 is 2.73 bits per heavy atom. The van der Waals surface area contributed by atoms with Crippen LogP contribution in [0.15, 0.2) is 36.4 Å². The van der Waals surface area contributed by atoms with E-state index in [4.69, 9.17) is 4.74 Å². The fraction of sp³-hybridized carbons (Fsp3) is 0.318. The number of H-pyrrole nitrogens is 1. The first kappa shape index (κ1) is 18.5. The molecule has 0 unspecified atom stereocenters. The average molecular weight is 405 g/mol. The molecule has 5 rings (SSSR count). The van der Waals surface area contributed by atoms with Gasteiger partial charge in [0.25, 0.3) is 0 Å². The first-order valence-corrected chi connectivity index (χ1v) is 10.1. The highest BCUT2D eigenvalue weighted by molar-refractivity contribution is 5.85. The van der Waals surface area contributed by atoms with Crippen molar-refractivity contribution in [3.8, 4) is 16.9 Å². The number of nitrogens with one attached hydrogen (secondary N) is 2. The van der Waals surface area contributed by atoms with E-state index >= 15 is 0 Å². The van der Waals surface area contributed by atoms with Gasteiger partial charge in [-0.1, -0.05) is 12.1 Å². The number of piperazine rings is 1. The number of aromatic amines is 1. The van der Waals surface area contributed by atoms with Crippen LogP contribution in [0.3, 0.4) is 0 Å². The van der Waals surface area contributed by atoms with Crippen molar-refractivity contribution in [2.45, 2.75) is 13.5 Å². The Kier molecular flexibility index (Phi) is 4.54. The second kappa shape index (κ2) is 7.37. The molecule has 8 heteroatoms. The van der Waals surface area contributed by atoms with E-state index < -0.39 is 0 Å². The monoisotopic (exact) mass is 405 g/mol. The molecule has 1 saturated heterocycles. The smallest absolute Gasteiger partial charge is 0.320 e. The summed E-state index contributed by atoms with van der Waals surface area (Å²) in [4.78, 5) is 35.7. The van der Waals surface area contributed by atoms with Crippen molar-refractivity contribution >= 4 is 23.0 Å². The second-order valence-corrected chi connectivity index (χ2v) is 7.70. The third kappa shape index (κ3) is 3.45. The van der Waals surface area contributed by atoms with Crippen LogP contribution in [0.1, 0.15) is 11.4 Å². The number of imidazole rings is 1. The number of hydrogen-bond acceptors (Lipinski definition) is 4. The molecule has 0 aliphatic carbocycles. The van der Waals surface area contributed by atoms with Crippen LogP contribution in [0.5, 0.6) is 5.75 Å². The van der Waals surface area contributed by atoms with E-state index in [0.717, 1.165) is 39.3 Å². The van der Waals surface area contributed by atoms with Crippen molar-refractivity contribution in [2.24, 2.45) is 0 Å². The highest BCUT2D eigenvalue weighted by Crippen LogP contribution is 2.31. The maximum Gasteiger partial charge on any atom is 0.320 e. The second-order valence-electron chi connectivity index (χ2n) is 7.70. The number of benzene rings is 2. The maximum atomic E-state index is 13.0. The van der Waals surface area contributed by atoms with Crippen molar-refractivity contribution < 1.29 is 14.3 Å². The fourth-order valence-electron chi connectivity index (χ4n) is 4.06. The zero-order valence-electron chi connectivity index (χ0n) is 16.8. The maximum absolute atomic E-state index is 13.0. The summed E-state index contributed by atoms with van der Waals surface area (Å²) in [5.74, 6) is 1.56. The molecule has 1 fully saturated rings. The summed E-state index contributed by atoms with van der Waals surface area (Å²) < 4.78 is 5.89. The van der Waals surface area contributed by atoms with Crippen LogP contribution in [-0.4, -0.2) is 64.5 Å². The molecule has 3 amide bonds. The van der Waals surface area contributed by atoms with Gasteiger partial charge in [-0.25, -0.2) is 9.78 Å². The predicted octanol–water partition coefficient (Wildman–Crippen LogP) is 2.28. The highest BCUT2D eigenvalue weighted by atomic mass is 16.5. The Morgan fingerprint density at radius 1 is 1.07 bits per heavy atom. The Labute approximate surface area is 173 Å². The molecule has 0 radical (unpaired) electrons. The Bertz CT molecular complexity index is 1140. The van der Waals surface area contributed by atoms with E-state index in [9.17, 15) is 9.59 Å². The molecule has 0 atom stereocenters. The molecule has 8 nitrogen and oxygen atoms in total. The standard InChI is InChI=1S/C22H23N5O3/c1-14-24-18-4-2-16(11-19(18)25-14)15-3-5-20-17(10-15)12-27(8-9-30-20)22(29)26-7-6-23-21(28)13-26/h2-5,10-11H,6-9,12-13H2,1H3,(H,23,28)(H,24,25). The molecule has 3 heterocycles. The molecule has 2 aromatic carbocycles. The first-order chi connectivity index (χ1) is 14.6. The minimum atomic E-state index is -0.124.